The lowest BCUT2D eigenvalue weighted by atomic mass is 9.71. The highest BCUT2D eigenvalue weighted by atomic mass is 32.2. The molecule has 0 atom stereocenters. The molecule has 1 heterocycles. The van der Waals surface area contributed by atoms with Crippen LogP contribution >= 0.6 is 11.8 Å². The zero-order valence-electron chi connectivity index (χ0n) is 30.2. The molecule has 0 aromatic heterocycles. The molecule has 0 saturated carbocycles. The lowest BCUT2D eigenvalue weighted by Crippen LogP contribution is -2.36. The van der Waals surface area contributed by atoms with Crippen LogP contribution in [0.3, 0.4) is 0 Å². The lowest BCUT2D eigenvalue weighted by Gasteiger charge is -2.32. The summed E-state index contributed by atoms with van der Waals surface area (Å²) in [4.78, 5) is 63.1. The fourth-order valence-corrected chi connectivity index (χ4v) is 7.73. The van der Waals surface area contributed by atoms with Crippen molar-refractivity contribution >= 4 is 63.8 Å². The Morgan fingerprint density at radius 3 is 1.76 bits per heavy atom. The Labute approximate surface area is 303 Å². The minimum atomic E-state index is -0.879. The van der Waals surface area contributed by atoms with Gasteiger partial charge in [0, 0.05) is 96.2 Å². The fraction of sp³-hybridized carbons (Fsp3) is 0.268. The summed E-state index contributed by atoms with van der Waals surface area (Å²) >= 11 is 1.63. The Balaban J connectivity index is 1.15. The zero-order valence-corrected chi connectivity index (χ0v) is 31.1. The first-order valence-corrected chi connectivity index (χ1v) is 17.5. The predicted octanol–water partition coefficient (Wildman–Crippen LogP) is 8.53. The number of allylic oxidation sites excluding steroid dienone is 2. The molecule has 4 aromatic rings. The van der Waals surface area contributed by atoms with E-state index in [2.05, 4.69) is 12.1 Å². The number of fused-ring (bicyclic) bond motifs is 3. The molecule has 1 aliphatic heterocycles. The van der Waals surface area contributed by atoms with Crippen LogP contribution in [0.2, 0.25) is 0 Å². The number of ketones is 2. The number of Topliss-reactive ketones (excluding diaryl/α,β-unsaturated/α-hetero) is 2. The standard InChI is InChI=1S/C41H42N4O5S/c1-25-37(39(48)31-12-10-9-11-30(31)38(25)47)41(2,3)23-36(46)44(8)27-15-13-26(14-16-27)24-50-40(49)45-32-19-17-28(42(4)5)21-34(32)51-35-22-29(43(6)7)18-20-33(35)45/h9-22H,23-24H2,1-8H3. The highest BCUT2D eigenvalue weighted by Crippen LogP contribution is 2.50. The zero-order chi connectivity index (χ0) is 36.8. The van der Waals surface area contributed by atoms with E-state index in [9.17, 15) is 19.2 Å². The third kappa shape index (κ3) is 6.76. The molecule has 0 fully saturated rings. The van der Waals surface area contributed by atoms with Gasteiger partial charge in [0.25, 0.3) is 0 Å². The second-order valence-electron chi connectivity index (χ2n) is 14.0. The van der Waals surface area contributed by atoms with Gasteiger partial charge < -0.3 is 19.4 Å². The Hall–Kier alpha value is -5.35. The predicted molar refractivity (Wildman–Crippen MR) is 204 cm³/mol. The monoisotopic (exact) mass is 702 g/mol. The Morgan fingerprint density at radius 1 is 0.725 bits per heavy atom. The molecule has 10 heteroatoms. The number of hydrogen-bond acceptors (Lipinski definition) is 8. The summed E-state index contributed by atoms with van der Waals surface area (Å²) in [5, 5.41) is 0. The second kappa shape index (κ2) is 13.8. The molecule has 262 valence electrons. The molecule has 4 aromatic carbocycles. The Kier molecular flexibility index (Phi) is 9.57. The van der Waals surface area contributed by atoms with Gasteiger partial charge in [-0.3, -0.25) is 14.4 Å². The minimum Gasteiger partial charge on any atom is -0.444 e. The van der Waals surface area contributed by atoms with E-state index >= 15 is 0 Å². The van der Waals surface area contributed by atoms with Gasteiger partial charge >= 0.3 is 6.09 Å². The SMILES string of the molecule is CC1=C(C(C)(C)CC(=O)N(C)c2ccc(COC(=O)N3c4ccc(N(C)C)cc4Sc4cc(N(C)C)ccc43)cc2)C(=O)c2ccccc2C1=O. The molecule has 0 bridgehead atoms. The van der Waals surface area contributed by atoms with Crippen LogP contribution in [0.5, 0.6) is 0 Å². The van der Waals surface area contributed by atoms with Crippen molar-refractivity contribution in [2.24, 2.45) is 5.41 Å². The molecule has 51 heavy (non-hydrogen) atoms. The summed E-state index contributed by atoms with van der Waals surface area (Å²) in [6.07, 6.45) is -0.463. The molecule has 1 aliphatic carbocycles. The molecular formula is C41H42N4O5S. The van der Waals surface area contributed by atoms with Crippen LogP contribution in [-0.2, 0) is 16.1 Å². The number of amides is 2. The van der Waals surface area contributed by atoms with Crippen molar-refractivity contribution in [1.29, 1.82) is 0 Å². The van der Waals surface area contributed by atoms with Crippen molar-refractivity contribution in [2.45, 2.75) is 43.6 Å². The van der Waals surface area contributed by atoms with Crippen LogP contribution in [0, 0.1) is 5.41 Å². The molecular weight excluding hydrogens is 661 g/mol. The van der Waals surface area contributed by atoms with Gasteiger partial charge in [-0.15, -0.1) is 0 Å². The van der Waals surface area contributed by atoms with Crippen molar-refractivity contribution in [3.8, 4) is 0 Å². The third-order valence-corrected chi connectivity index (χ3v) is 10.6. The van der Waals surface area contributed by atoms with Crippen LogP contribution in [0.15, 0.2) is 106 Å². The molecule has 0 unspecified atom stereocenters. The van der Waals surface area contributed by atoms with Crippen molar-refractivity contribution in [1.82, 2.24) is 0 Å². The van der Waals surface area contributed by atoms with Crippen molar-refractivity contribution < 1.29 is 23.9 Å². The molecule has 0 spiro atoms. The van der Waals surface area contributed by atoms with Gasteiger partial charge in [-0.25, -0.2) is 9.69 Å². The average Bonchev–Trinajstić information content (AvgIpc) is 3.10. The van der Waals surface area contributed by atoms with E-state index in [0.717, 1.165) is 38.1 Å². The van der Waals surface area contributed by atoms with Crippen molar-refractivity contribution in [2.75, 3.05) is 54.8 Å². The summed E-state index contributed by atoms with van der Waals surface area (Å²) in [6, 6.07) is 26.1. The summed E-state index contributed by atoms with van der Waals surface area (Å²) in [5.41, 5.74) is 5.64. The molecule has 6 rings (SSSR count). The largest absolute Gasteiger partial charge is 0.444 e. The van der Waals surface area contributed by atoms with Crippen LogP contribution in [0.25, 0.3) is 0 Å². The first-order valence-electron chi connectivity index (χ1n) is 16.7. The average molecular weight is 703 g/mol. The molecule has 0 saturated heterocycles. The number of benzene rings is 4. The van der Waals surface area contributed by atoms with E-state index in [1.165, 1.54) is 0 Å². The molecule has 9 nitrogen and oxygen atoms in total. The number of nitrogens with zero attached hydrogens (tertiary/aromatic N) is 4. The van der Waals surface area contributed by atoms with Crippen molar-refractivity contribution in [3.05, 3.63) is 113 Å². The third-order valence-electron chi connectivity index (χ3n) is 9.49. The quantitative estimate of drug-likeness (QED) is 0.181. The van der Waals surface area contributed by atoms with E-state index < -0.39 is 11.5 Å². The summed E-state index contributed by atoms with van der Waals surface area (Å²) < 4.78 is 5.88. The maximum absolute atomic E-state index is 13.8. The molecule has 2 amide bonds. The van der Waals surface area contributed by atoms with E-state index in [-0.39, 0.29) is 30.5 Å². The number of ether oxygens (including phenoxy) is 1. The minimum absolute atomic E-state index is 0.0276. The van der Waals surface area contributed by atoms with Crippen LogP contribution in [0.4, 0.5) is 33.2 Å². The normalized spacial score (nSPS) is 13.7. The van der Waals surface area contributed by atoms with Crippen LogP contribution in [0.1, 0.15) is 53.5 Å². The van der Waals surface area contributed by atoms with Gasteiger partial charge in [-0.05, 0) is 61.0 Å². The van der Waals surface area contributed by atoms with E-state index in [0.29, 0.717) is 28.0 Å². The van der Waals surface area contributed by atoms with Crippen molar-refractivity contribution in [3.63, 3.8) is 0 Å². The van der Waals surface area contributed by atoms with E-state index in [4.69, 9.17) is 4.74 Å². The van der Waals surface area contributed by atoms with Gasteiger partial charge in [0.1, 0.15) is 6.61 Å². The Morgan fingerprint density at radius 2 is 1.24 bits per heavy atom. The first-order chi connectivity index (χ1) is 24.2. The maximum atomic E-state index is 13.8. The highest BCUT2D eigenvalue weighted by Gasteiger charge is 2.40. The first kappa shape index (κ1) is 35.5. The van der Waals surface area contributed by atoms with E-state index in [1.807, 2.05) is 88.2 Å². The van der Waals surface area contributed by atoms with E-state index in [1.54, 1.807) is 71.9 Å². The summed E-state index contributed by atoms with van der Waals surface area (Å²) in [6.45, 7) is 5.36. The number of carbonyl (C=O) groups excluding carboxylic acids is 4. The number of rotatable bonds is 8. The van der Waals surface area contributed by atoms with Gasteiger partial charge in [0.2, 0.25) is 5.91 Å². The van der Waals surface area contributed by atoms with Gasteiger partial charge in [0.05, 0.1) is 11.4 Å². The highest BCUT2D eigenvalue weighted by molar-refractivity contribution is 7.99. The summed E-state index contributed by atoms with van der Waals surface area (Å²) in [7, 11) is 9.63. The summed E-state index contributed by atoms with van der Waals surface area (Å²) in [5.74, 6) is -0.599. The van der Waals surface area contributed by atoms with Crippen LogP contribution in [-0.4, -0.2) is 58.8 Å². The molecule has 2 aliphatic rings. The van der Waals surface area contributed by atoms with Gasteiger partial charge in [0.15, 0.2) is 11.6 Å². The van der Waals surface area contributed by atoms with Crippen LogP contribution < -0.4 is 19.6 Å². The smallest absolute Gasteiger partial charge is 0.419 e. The lowest BCUT2D eigenvalue weighted by molar-refractivity contribution is -0.119. The number of carbonyl (C=O) groups is 4. The molecule has 0 radical (unpaired) electrons. The molecule has 0 N–H and O–H groups in total. The Bertz CT molecular complexity index is 2040. The fourth-order valence-electron chi connectivity index (χ4n) is 6.61. The number of hydrogen-bond donors (Lipinski definition) is 0. The second-order valence-corrected chi connectivity index (χ2v) is 15.1. The topological polar surface area (TPSA) is 90.5 Å². The maximum Gasteiger partial charge on any atom is 0.419 e. The van der Waals surface area contributed by atoms with Gasteiger partial charge in [-0.2, -0.15) is 0 Å². The number of anilines is 5. The van der Waals surface area contributed by atoms with Gasteiger partial charge in [-0.1, -0.05) is 62.0 Å².